The summed E-state index contributed by atoms with van der Waals surface area (Å²) in [6, 6.07) is 12.4. The molecule has 3 heterocycles. The second-order valence-corrected chi connectivity index (χ2v) is 8.74. The Morgan fingerprint density at radius 3 is 2.66 bits per heavy atom. The molecule has 1 aliphatic heterocycles. The molecule has 35 heavy (non-hydrogen) atoms. The highest BCUT2D eigenvalue weighted by Crippen LogP contribution is 2.36. The Morgan fingerprint density at radius 2 is 1.89 bits per heavy atom. The van der Waals surface area contributed by atoms with Crippen molar-refractivity contribution >= 4 is 51.2 Å². The van der Waals surface area contributed by atoms with Gasteiger partial charge in [0, 0.05) is 54.4 Å². The average molecular weight is 513 g/mol. The number of fused-ring (bicyclic) bond motifs is 1. The van der Waals surface area contributed by atoms with E-state index >= 15 is 0 Å². The zero-order chi connectivity index (χ0) is 24.4. The number of rotatable bonds is 6. The molecule has 0 radical (unpaired) electrons. The van der Waals surface area contributed by atoms with Crippen LogP contribution in [-0.4, -0.2) is 48.5 Å². The van der Waals surface area contributed by atoms with E-state index in [1.165, 1.54) is 6.20 Å². The van der Waals surface area contributed by atoms with Gasteiger partial charge in [0.1, 0.15) is 17.3 Å². The molecule has 0 spiro atoms. The number of H-pyrrole nitrogens is 1. The lowest BCUT2D eigenvalue weighted by Crippen LogP contribution is -2.43. The number of piperazine rings is 1. The molecule has 0 bridgehead atoms. The maximum Gasteiger partial charge on any atom is 0.275 e. The lowest BCUT2D eigenvalue weighted by Gasteiger charge is -2.30. The van der Waals surface area contributed by atoms with Crippen LogP contribution < -0.4 is 30.6 Å². The molecule has 0 saturated carbocycles. The van der Waals surface area contributed by atoms with E-state index in [9.17, 15) is 4.79 Å². The maximum absolute atomic E-state index is 12.6. The molecule has 3 N–H and O–H groups in total. The number of hydrogen-bond donors (Lipinski definition) is 3. The van der Waals surface area contributed by atoms with E-state index in [0.29, 0.717) is 43.8 Å². The van der Waals surface area contributed by atoms with Gasteiger partial charge in [0.2, 0.25) is 5.88 Å². The molecule has 0 amide bonds. The van der Waals surface area contributed by atoms with Crippen LogP contribution >= 0.6 is 23.2 Å². The van der Waals surface area contributed by atoms with Gasteiger partial charge in [0.15, 0.2) is 0 Å². The summed E-state index contributed by atoms with van der Waals surface area (Å²) in [7, 11) is 1.60. The van der Waals surface area contributed by atoms with Crippen molar-refractivity contribution in [2.45, 2.75) is 0 Å². The molecule has 11 heteroatoms. The van der Waals surface area contributed by atoms with E-state index in [1.807, 2.05) is 18.2 Å². The summed E-state index contributed by atoms with van der Waals surface area (Å²) in [4.78, 5) is 19.5. The predicted octanol–water partition coefficient (Wildman–Crippen LogP) is 4.58. The van der Waals surface area contributed by atoms with Crippen LogP contribution in [0.5, 0.6) is 17.4 Å². The van der Waals surface area contributed by atoms with Crippen LogP contribution in [0.25, 0.3) is 10.8 Å². The fourth-order valence-electron chi connectivity index (χ4n) is 3.94. The highest BCUT2D eigenvalue weighted by Gasteiger charge is 2.17. The number of methoxy groups -OCH3 is 1. The SMILES string of the molecule is COc1cc(N2CCNCC2)ccc1Nc1nc(Oc2ccc(Cl)cc2Cl)cc2cn[nH]c(=O)c12. The second-order valence-electron chi connectivity index (χ2n) is 7.90. The summed E-state index contributed by atoms with van der Waals surface area (Å²) in [5, 5.41) is 14.7. The van der Waals surface area contributed by atoms with Crippen molar-refractivity contribution in [2.75, 3.05) is 43.5 Å². The molecule has 0 atom stereocenters. The third-order valence-corrected chi connectivity index (χ3v) is 6.18. The van der Waals surface area contributed by atoms with Crippen LogP contribution in [0.15, 0.2) is 53.5 Å². The number of anilines is 3. The Kier molecular flexibility index (Phi) is 6.63. The van der Waals surface area contributed by atoms with E-state index in [1.54, 1.807) is 31.4 Å². The van der Waals surface area contributed by atoms with Gasteiger partial charge in [0.05, 0.1) is 29.4 Å². The lowest BCUT2D eigenvalue weighted by molar-refractivity contribution is 0.416. The first-order valence-electron chi connectivity index (χ1n) is 10.9. The quantitative estimate of drug-likeness (QED) is 0.344. The third kappa shape index (κ3) is 4.97. The van der Waals surface area contributed by atoms with E-state index < -0.39 is 0 Å². The molecule has 1 saturated heterocycles. The number of halogens is 2. The number of aromatic nitrogens is 3. The smallest absolute Gasteiger partial charge is 0.275 e. The van der Waals surface area contributed by atoms with Gasteiger partial charge >= 0.3 is 0 Å². The minimum atomic E-state index is -0.384. The summed E-state index contributed by atoms with van der Waals surface area (Å²) in [5.41, 5.74) is 1.33. The molecule has 2 aromatic heterocycles. The van der Waals surface area contributed by atoms with Crippen LogP contribution in [0.3, 0.4) is 0 Å². The molecule has 2 aromatic carbocycles. The van der Waals surface area contributed by atoms with E-state index in [0.717, 1.165) is 31.9 Å². The number of nitrogens with one attached hydrogen (secondary N) is 3. The summed E-state index contributed by atoms with van der Waals surface area (Å²) in [6.45, 7) is 3.69. The van der Waals surface area contributed by atoms with E-state index in [-0.39, 0.29) is 11.4 Å². The van der Waals surface area contributed by atoms with Crippen LogP contribution in [0.1, 0.15) is 0 Å². The standard InChI is InChI=1S/C24H22Cl2N6O3/c1-34-20-12-16(32-8-6-27-7-9-32)3-4-18(20)29-23-22-14(13-28-31-24(22)33)10-21(30-23)35-19-5-2-15(25)11-17(19)26/h2-5,10-13,27H,6-9H2,1H3,(H,29,30)(H,31,33). The summed E-state index contributed by atoms with van der Waals surface area (Å²) in [6.07, 6.45) is 1.53. The van der Waals surface area contributed by atoms with E-state index in [4.69, 9.17) is 32.7 Å². The Balaban J connectivity index is 1.53. The molecule has 5 rings (SSSR count). The summed E-state index contributed by atoms with van der Waals surface area (Å²) in [5.74, 6) is 1.52. The molecule has 180 valence electrons. The number of pyridine rings is 1. The molecule has 1 aliphatic rings. The summed E-state index contributed by atoms with van der Waals surface area (Å²) >= 11 is 12.3. The minimum Gasteiger partial charge on any atom is -0.494 e. The van der Waals surface area contributed by atoms with Crippen LogP contribution in [-0.2, 0) is 0 Å². The highest BCUT2D eigenvalue weighted by atomic mass is 35.5. The zero-order valence-corrected chi connectivity index (χ0v) is 20.3. The van der Waals surface area contributed by atoms with Gasteiger partial charge in [-0.1, -0.05) is 23.2 Å². The predicted molar refractivity (Wildman–Crippen MR) is 138 cm³/mol. The fourth-order valence-corrected chi connectivity index (χ4v) is 4.39. The monoisotopic (exact) mass is 512 g/mol. The molecule has 0 aliphatic carbocycles. The Hall–Kier alpha value is -3.53. The van der Waals surface area contributed by atoms with Crippen LogP contribution in [0.2, 0.25) is 10.0 Å². The second kappa shape index (κ2) is 9.99. The van der Waals surface area contributed by atoms with Crippen molar-refractivity contribution in [3.05, 3.63) is 69.1 Å². The van der Waals surface area contributed by atoms with Gasteiger partial charge in [-0.25, -0.2) is 5.10 Å². The number of ether oxygens (including phenoxy) is 2. The highest BCUT2D eigenvalue weighted by molar-refractivity contribution is 6.35. The normalized spacial score (nSPS) is 13.6. The molecule has 0 unspecified atom stereocenters. The largest absolute Gasteiger partial charge is 0.494 e. The molecular formula is C24H22Cl2N6O3. The average Bonchev–Trinajstić information content (AvgIpc) is 2.86. The van der Waals surface area contributed by atoms with Crippen LogP contribution in [0, 0.1) is 0 Å². The first-order valence-corrected chi connectivity index (χ1v) is 11.7. The van der Waals surface area contributed by atoms with Gasteiger partial charge in [-0.2, -0.15) is 10.1 Å². The first kappa shape index (κ1) is 23.2. The molecule has 9 nitrogen and oxygen atoms in total. The lowest BCUT2D eigenvalue weighted by atomic mass is 10.2. The number of benzene rings is 2. The van der Waals surface area contributed by atoms with Gasteiger partial charge in [-0.05, 0) is 30.3 Å². The van der Waals surface area contributed by atoms with Gasteiger partial charge in [-0.15, -0.1) is 0 Å². The van der Waals surface area contributed by atoms with Crippen molar-refractivity contribution in [2.24, 2.45) is 0 Å². The van der Waals surface area contributed by atoms with Crippen molar-refractivity contribution in [1.82, 2.24) is 20.5 Å². The fraction of sp³-hybridized carbons (Fsp3) is 0.208. The number of hydrogen-bond acceptors (Lipinski definition) is 8. The van der Waals surface area contributed by atoms with Crippen molar-refractivity contribution < 1.29 is 9.47 Å². The Morgan fingerprint density at radius 1 is 1.06 bits per heavy atom. The van der Waals surface area contributed by atoms with E-state index in [2.05, 4.69) is 30.7 Å². The van der Waals surface area contributed by atoms with Crippen molar-refractivity contribution in [3.63, 3.8) is 0 Å². The van der Waals surface area contributed by atoms with Gasteiger partial charge in [0.25, 0.3) is 5.56 Å². The Labute approximate surface area is 211 Å². The number of aromatic amines is 1. The van der Waals surface area contributed by atoms with Gasteiger partial charge < -0.3 is 25.0 Å². The molecular weight excluding hydrogens is 491 g/mol. The van der Waals surface area contributed by atoms with Crippen LogP contribution in [0.4, 0.5) is 17.2 Å². The van der Waals surface area contributed by atoms with Crippen molar-refractivity contribution in [3.8, 4) is 17.4 Å². The maximum atomic E-state index is 12.6. The topological polar surface area (TPSA) is 104 Å². The van der Waals surface area contributed by atoms with Gasteiger partial charge in [-0.3, -0.25) is 4.79 Å². The number of nitrogens with zero attached hydrogens (tertiary/aromatic N) is 3. The summed E-state index contributed by atoms with van der Waals surface area (Å²) < 4.78 is 11.6. The Bertz CT molecular complexity index is 1440. The first-order chi connectivity index (χ1) is 17.0. The zero-order valence-electron chi connectivity index (χ0n) is 18.8. The molecule has 4 aromatic rings. The van der Waals surface area contributed by atoms with Crippen molar-refractivity contribution in [1.29, 1.82) is 0 Å². The third-order valence-electron chi connectivity index (χ3n) is 5.65. The minimum absolute atomic E-state index is 0.230. The molecule has 1 fully saturated rings.